The molecule has 2 fully saturated rings. The van der Waals surface area contributed by atoms with Crippen LogP contribution in [0.3, 0.4) is 0 Å². The van der Waals surface area contributed by atoms with E-state index in [1.165, 1.54) is 37.2 Å². The number of aliphatic hydroxyl groups excluding tert-OH is 1. The highest BCUT2D eigenvalue weighted by molar-refractivity contribution is 6.33. The van der Waals surface area contributed by atoms with Crippen LogP contribution in [-0.4, -0.2) is 87.0 Å². The molecule has 13 nitrogen and oxygen atoms in total. The van der Waals surface area contributed by atoms with Crippen molar-refractivity contribution in [3.8, 4) is 11.8 Å². The lowest BCUT2D eigenvalue weighted by Crippen LogP contribution is -2.92. The number of fused-ring (bicyclic) bond motifs is 3. The largest absolute Gasteiger partial charge is 0.507 e. The molecule has 0 radical (unpaired) electrons. The van der Waals surface area contributed by atoms with Gasteiger partial charge in [0.25, 0.3) is 0 Å². The van der Waals surface area contributed by atoms with E-state index in [4.69, 9.17) is 17.2 Å². The van der Waals surface area contributed by atoms with Crippen LogP contribution in [-0.2, 0) is 19.2 Å². The Morgan fingerprint density at radius 3 is 2.23 bits per heavy atom. The molecule has 8 atom stereocenters. The van der Waals surface area contributed by atoms with Gasteiger partial charge in [-0.15, -0.1) is 0 Å². The van der Waals surface area contributed by atoms with Crippen LogP contribution in [0.2, 0.25) is 0 Å². The fourth-order valence-corrected chi connectivity index (χ4v) is 6.64. The summed E-state index contributed by atoms with van der Waals surface area (Å²) in [7, 11) is 2.72. The highest BCUT2D eigenvalue weighted by atomic mass is 16.3. The topological polar surface area (TPSA) is 243 Å². The highest BCUT2D eigenvalue weighted by Crippen LogP contribution is 2.58. The number of hydrogen-bond acceptors (Lipinski definition) is 12. The van der Waals surface area contributed by atoms with Crippen LogP contribution in [0, 0.1) is 28.6 Å². The van der Waals surface area contributed by atoms with Crippen LogP contribution in [0.15, 0.2) is 18.2 Å². The lowest BCUT2D eigenvalue weighted by Gasteiger charge is -2.64. The average molecular weight is 541 g/mol. The van der Waals surface area contributed by atoms with Gasteiger partial charge in [-0.3, -0.25) is 28.9 Å². The maximum absolute atomic E-state index is 14.4. The number of rotatable bonds is 2. The zero-order valence-electron chi connectivity index (χ0n) is 22.2. The number of aliphatic hydroxyl groups is 1. The number of nitrogens with two attached hydrogens (primary N) is 3. The van der Waals surface area contributed by atoms with Crippen molar-refractivity contribution in [2.75, 3.05) is 14.1 Å². The molecule has 4 rings (SSSR count). The third kappa shape index (κ3) is 3.26. The standard InChI is InChI=1S/C26H32N6O7/c1-23(2,3)31-21(38)13-16(35)18(32(4)5)26(30)22(39)25(29)14(20(37)24(26,9-27)19(13)36)15(34)12-10(17(25)28)7-6-8-11(12)33/h6-8,13-14,17-18,22,33,39H,28-30H2,1-5H3,(H,31,38)/t13?,14?,17?,18-,22+,24+,25-,26+/m1/s1. The Bertz CT molecular complexity index is 1380. The predicted octanol–water partition coefficient (Wildman–Crippen LogP) is -2.33. The summed E-state index contributed by atoms with van der Waals surface area (Å²) in [6.45, 7) is 4.80. The molecule has 3 aliphatic rings. The van der Waals surface area contributed by atoms with Crippen molar-refractivity contribution >= 4 is 29.0 Å². The summed E-state index contributed by atoms with van der Waals surface area (Å²) in [6, 6.07) is 2.31. The molecule has 0 heterocycles. The van der Waals surface area contributed by atoms with Crippen molar-refractivity contribution in [1.82, 2.24) is 10.2 Å². The minimum atomic E-state index is -3.06. The highest BCUT2D eigenvalue weighted by Gasteiger charge is 2.83. The molecule has 0 bridgehead atoms. The molecule has 1 amide bonds. The number of ketones is 4. The van der Waals surface area contributed by atoms with E-state index >= 15 is 0 Å². The number of nitrogens with one attached hydrogen (secondary N) is 1. The normalized spacial score (nSPS) is 38.0. The van der Waals surface area contributed by atoms with Crippen LogP contribution < -0.4 is 22.5 Å². The van der Waals surface area contributed by atoms with Crippen molar-refractivity contribution in [2.45, 2.75) is 55.6 Å². The van der Waals surface area contributed by atoms with Gasteiger partial charge in [0.15, 0.2) is 34.5 Å². The predicted molar refractivity (Wildman–Crippen MR) is 135 cm³/mol. The Labute approximate surface area is 224 Å². The van der Waals surface area contributed by atoms with Gasteiger partial charge in [-0.2, -0.15) is 5.26 Å². The van der Waals surface area contributed by atoms with Crippen LogP contribution in [0.25, 0.3) is 0 Å². The first-order valence-electron chi connectivity index (χ1n) is 12.2. The van der Waals surface area contributed by atoms with Gasteiger partial charge in [-0.05, 0) is 46.5 Å². The van der Waals surface area contributed by atoms with Crippen molar-refractivity contribution in [1.29, 1.82) is 5.26 Å². The molecule has 3 aliphatic carbocycles. The van der Waals surface area contributed by atoms with Gasteiger partial charge in [0.2, 0.25) is 5.91 Å². The zero-order chi connectivity index (χ0) is 29.6. The van der Waals surface area contributed by atoms with E-state index < -0.39 is 86.8 Å². The van der Waals surface area contributed by atoms with Gasteiger partial charge < -0.3 is 32.7 Å². The van der Waals surface area contributed by atoms with Crippen LogP contribution >= 0.6 is 0 Å². The van der Waals surface area contributed by atoms with Gasteiger partial charge in [0.05, 0.1) is 40.9 Å². The number of amides is 1. The summed E-state index contributed by atoms with van der Waals surface area (Å²) >= 11 is 0. The molecular formula is C26H32N6O7. The van der Waals surface area contributed by atoms with Crippen molar-refractivity contribution in [2.24, 2.45) is 34.5 Å². The second-order valence-corrected chi connectivity index (χ2v) is 11.9. The first-order chi connectivity index (χ1) is 17.8. The number of hydrogen-bond donors (Lipinski definition) is 6. The summed E-state index contributed by atoms with van der Waals surface area (Å²) in [5.41, 5.74) is 10.4. The molecule has 9 N–H and O–H groups in total. The Morgan fingerprint density at radius 1 is 1.13 bits per heavy atom. The number of likely N-dealkylation sites (N-methyl/N-ethyl adjacent to an activating group) is 1. The smallest absolute Gasteiger partial charge is 0.238 e. The number of phenolic OH excluding ortho intramolecular Hbond substituents is 1. The summed E-state index contributed by atoms with van der Waals surface area (Å²) in [5.74, 6) is -10.8. The second kappa shape index (κ2) is 8.48. The number of aromatic hydroxyl groups is 1. The molecule has 1 aromatic rings. The molecular weight excluding hydrogens is 508 g/mol. The summed E-state index contributed by atoms with van der Waals surface area (Å²) in [4.78, 5) is 70.5. The zero-order valence-corrected chi connectivity index (χ0v) is 22.2. The summed E-state index contributed by atoms with van der Waals surface area (Å²) in [5, 5.41) is 35.4. The number of carbonyl (C=O) groups is 5. The number of phenols is 1. The maximum atomic E-state index is 14.4. The van der Waals surface area contributed by atoms with E-state index in [2.05, 4.69) is 5.32 Å². The molecule has 13 heteroatoms. The number of benzene rings is 1. The molecule has 208 valence electrons. The van der Waals surface area contributed by atoms with Gasteiger partial charge in [0, 0.05) is 5.54 Å². The monoisotopic (exact) mass is 540 g/mol. The third-order valence-corrected chi connectivity index (χ3v) is 8.25. The minimum absolute atomic E-state index is 0.0101. The van der Waals surface area contributed by atoms with Gasteiger partial charge in [-0.25, -0.2) is 0 Å². The number of carbonyl (C=O) groups excluding carboxylic acids is 5. The molecule has 39 heavy (non-hydrogen) atoms. The minimum Gasteiger partial charge on any atom is -0.507 e. The number of nitrogens with zero attached hydrogens (tertiary/aromatic N) is 2. The fourth-order valence-electron chi connectivity index (χ4n) is 6.64. The van der Waals surface area contributed by atoms with E-state index in [9.17, 15) is 39.4 Å². The maximum Gasteiger partial charge on any atom is 0.238 e. The molecule has 0 saturated heterocycles. The lowest BCUT2D eigenvalue weighted by molar-refractivity contribution is -0.182. The van der Waals surface area contributed by atoms with Gasteiger partial charge in [0.1, 0.15) is 11.7 Å². The van der Waals surface area contributed by atoms with Crippen molar-refractivity contribution in [3.63, 3.8) is 0 Å². The van der Waals surface area contributed by atoms with Gasteiger partial charge >= 0.3 is 0 Å². The second-order valence-electron chi connectivity index (χ2n) is 11.9. The quantitative estimate of drug-likeness (QED) is 0.216. The molecule has 1 aromatic carbocycles. The summed E-state index contributed by atoms with van der Waals surface area (Å²) < 4.78 is 0. The van der Waals surface area contributed by atoms with E-state index in [0.717, 1.165) is 0 Å². The fraction of sp³-hybridized carbons (Fsp3) is 0.538. The molecule has 0 aromatic heterocycles. The van der Waals surface area contributed by atoms with E-state index in [0.29, 0.717) is 0 Å². The Hall–Kier alpha value is -3.54. The SMILES string of the molecule is CN(C)[C@@H]1C(=O)C(C(=O)NC(C)(C)C)C(=O)[C@@]2(C#N)C(=O)C3C(=O)c4c(O)cccc4C(N)[C@@]3(N)[C@H](O)[C@@]12N. The van der Waals surface area contributed by atoms with E-state index in [-0.39, 0.29) is 11.1 Å². The first-order valence-corrected chi connectivity index (χ1v) is 12.2. The molecule has 2 saturated carbocycles. The molecule has 3 unspecified atom stereocenters. The van der Waals surface area contributed by atoms with Crippen molar-refractivity contribution in [3.05, 3.63) is 29.3 Å². The van der Waals surface area contributed by atoms with Crippen molar-refractivity contribution < 1.29 is 34.2 Å². The lowest BCUT2D eigenvalue weighted by atomic mass is 9.41. The third-order valence-electron chi connectivity index (χ3n) is 8.25. The molecule has 0 aliphatic heterocycles. The average Bonchev–Trinajstić information content (AvgIpc) is 2.80. The first kappa shape index (κ1) is 28.5. The van der Waals surface area contributed by atoms with Crippen LogP contribution in [0.4, 0.5) is 0 Å². The van der Waals surface area contributed by atoms with Gasteiger partial charge in [-0.1, -0.05) is 12.1 Å². The van der Waals surface area contributed by atoms with Crippen LogP contribution in [0.5, 0.6) is 5.75 Å². The number of Topliss-reactive ketones (excluding diaryl/α,β-unsaturated/α-hetero) is 4. The molecule has 0 spiro atoms. The summed E-state index contributed by atoms with van der Waals surface area (Å²) in [6.07, 6.45) is -2.26. The van der Waals surface area contributed by atoms with Crippen LogP contribution in [0.1, 0.15) is 42.7 Å². The van der Waals surface area contributed by atoms with E-state index in [1.807, 2.05) is 0 Å². The Balaban J connectivity index is 2.06. The number of nitriles is 1. The Kier molecular flexibility index (Phi) is 6.19. The van der Waals surface area contributed by atoms with E-state index in [1.54, 1.807) is 26.8 Å². The Morgan fingerprint density at radius 2 is 1.72 bits per heavy atom.